The number of anilines is 1. The zero-order chi connectivity index (χ0) is 16.3. The van der Waals surface area contributed by atoms with Crippen molar-refractivity contribution in [2.24, 2.45) is 10.2 Å². The van der Waals surface area contributed by atoms with Gasteiger partial charge in [0.15, 0.2) is 0 Å². The van der Waals surface area contributed by atoms with Crippen molar-refractivity contribution in [1.29, 1.82) is 0 Å². The minimum Gasteiger partial charge on any atom is -0.464 e. The second kappa shape index (κ2) is 9.35. The van der Waals surface area contributed by atoms with E-state index in [0.29, 0.717) is 19.6 Å². The summed E-state index contributed by atoms with van der Waals surface area (Å²) in [6.45, 7) is 2.82. The number of carbonyl (C=O) groups excluding carboxylic acids is 1. The van der Waals surface area contributed by atoms with Crippen LogP contribution in [0.3, 0.4) is 0 Å². The molecule has 0 spiro atoms. The van der Waals surface area contributed by atoms with Crippen LogP contribution in [-0.4, -0.2) is 19.1 Å². The Morgan fingerprint density at radius 3 is 2.57 bits per heavy atom. The largest absolute Gasteiger partial charge is 0.464 e. The van der Waals surface area contributed by atoms with Crippen molar-refractivity contribution in [3.63, 3.8) is 0 Å². The number of esters is 1. The average molecular weight is 311 g/mol. The fraction of sp³-hybridized carbons (Fsp3) is 0.278. The van der Waals surface area contributed by atoms with Gasteiger partial charge in [0.05, 0.1) is 11.4 Å². The maximum absolute atomic E-state index is 11.3. The Kier molecular flexibility index (Phi) is 6.78. The summed E-state index contributed by atoms with van der Waals surface area (Å²) in [6.07, 6.45) is 1.26. The van der Waals surface area contributed by atoms with Gasteiger partial charge in [-0.05, 0) is 30.7 Å². The number of ether oxygens (including phenoxy) is 1. The molecule has 0 aromatic heterocycles. The van der Waals surface area contributed by atoms with Gasteiger partial charge >= 0.3 is 5.97 Å². The number of nitrogens with one attached hydrogen (secondary N) is 1. The third kappa shape index (κ3) is 5.90. The highest BCUT2D eigenvalue weighted by Crippen LogP contribution is 2.26. The Labute approximate surface area is 136 Å². The average Bonchev–Trinajstić information content (AvgIpc) is 2.59. The Hall–Kier alpha value is -2.69. The smallest absolute Gasteiger partial charge is 0.305 e. The van der Waals surface area contributed by atoms with Crippen molar-refractivity contribution >= 4 is 23.0 Å². The molecule has 2 aromatic carbocycles. The van der Waals surface area contributed by atoms with Crippen molar-refractivity contribution in [2.75, 3.05) is 18.5 Å². The first kappa shape index (κ1) is 16.7. The van der Waals surface area contributed by atoms with Gasteiger partial charge in [-0.15, -0.1) is 5.11 Å². The first-order chi connectivity index (χ1) is 11.3. The number of rotatable bonds is 8. The number of azo groups is 1. The van der Waals surface area contributed by atoms with Crippen LogP contribution >= 0.6 is 0 Å². The number of hydrogen-bond donors (Lipinski definition) is 1. The molecule has 0 unspecified atom stereocenters. The van der Waals surface area contributed by atoms with Crippen LogP contribution < -0.4 is 5.32 Å². The highest BCUT2D eigenvalue weighted by atomic mass is 16.5. The number of para-hydroxylation sites is 1. The molecule has 0 heterocycles. The topological polar surface area (TPSA) is 63.0 Å². The summed E-state index contributed by atoms with van der Waals surface area (Å²) in [4.78, 5) is 11.3. The fourth-order valence-electron chi connectivity index (χ4n) is 1.94. The summed E-state index contributed by atoms with van der Waals surface area (Å²) >= 11 is 0. The number of benzene rings is 2. The summed E-state index contributed by atoms with van der Waals surface area (Å²) in [5.41, 5.74) is 2.41. The predicted octanol–water partition coefficient (Wildman–Crippen LogP) is 4.86. The summed E-state index contributed by atoms with van der Waals surface area (Å²) < 4.78 is 5.12. The lowest BCUT2D eigenvalue weighted by Crippen LogP contribution is -2.13. The second-order valence-electron chi connectivity index (χ2n) is 4.95. The molecule has 120 valence electrons. The van der Waals surface area contributed by atoms with Gasteiger partial charge in [0, 0.05) is 13.0 Å². The minimum atomic E-state index is -0.161. The van der Waals surface area contributed by atoms with Crippen LogP contribution in [0.5, 0.6) is 0 Å². The molecule has 5 nitrogen and oxygen atoms in total. The molecular formula is C18H21N3O2. The molecule has 0 aliphatic rings. The Morgan fingerprint density at radius 1 is 1.04 bits per heavy atom. The lowest BCUT2D eigenvalue weighted by molar-refractivity contribution is -0.143. The first-order valence-electron chi connectivity index (χ1n) is 7.75. The summed E-state index contributed by atoms with van der Waals surface area (Å²) in [6, 6.07) is 17.2. The number of hydrogen-bond acceptors (Lipinski definition) is 5. The lowest BCUT2D eigenvalue weighted by atomic mass is 10.2. The summed E-state index contributed by atoms with van der Waals surface area (Å²) in [7, 11) is 0. The van der Waals surface area contributed by atoms with Gasteiger partial charge in [-0.3, -0.25) is 4.79 Å². The molecule has 0 saturated carbocycles. The van der Waals surface area contributed by atoms with Crippen molar-refractivity contribution in [3.05, 3.63) is 54.6 Å². The van der Waals surface area contributed by atoms with E-state index in [4.69, 9.17) is 4.74 Å². The maximum atomic E-state index is 11.3. The third-order valence-electron chi connectivity index (χ3n) is 3.07. The van der Waals surface area contributed by atoms with E-state index in [9.17, 15) is 4.79 Å². The van der Waals surface area contributed by atoms with Crippen molar-refractivity contribution in [3.8, 4) is 0 Å². The van der Waals surface area contributed by atoms with Gasteiger partial charge in [0.2, 0.25) is 0 Å². The molecule has 0 radical (unpaired) electrons. The van der Waals surface area contributed by atoms with Crippen LogP contribution in [0, 0.1) is 0 Å². The highest BCUT2D eigenvalue weighted by molar-refractivity contribution is 5.69. The summed E-state index contributed by atoms with van der Waals surface area (Å²) in [5, 5.41) is 11.7. The van der Waals surface area contributed by atoms with E-state index in [0.717, 1.165) is 23.5 Å². The number of carbonyl (C=O) groups is 1. The van der Waals surface area contributed by atoms with Gasteiger partial charge in [0.25, 0.3) is 0 Å². The molecule has 0 bridgehead atoms. The second-order valence-corrected chi connectivity index (χ2v) is 4.95. The van der Waals surface area contributed by atoms with Gasteiger partial charge in [0.1, 0.15) is 12.3 Å². The zero-order valence-electron chi connectivity index (χ0n) is 13.2. The van der Waals surface area contributed by atoms with Crippen LogP contribution in [0.2, 0.25) is 0 Å². The molecule has 5 heteroatoms. The normalized spacial score (nSPS) is 10.7. The maximum Gasteiger partial charge on any atom is 0.305 e. The quantitative estimate of drug-likeness (QED) is 0.430. The van der Waals surface area contributed by atoms with Gasteiger partial charge in [-0.1, -0.05) is 37.3 Å². The molecule has 2 rings (SSSR count). The van der Waals surface area contributed by atoms with Crippen molar-refractivity contribution < 1.29 is 9.53 Å². The number of nitrogens with zero attached hydrogens (tertiary/aromatic N) is 2. The monoisotopic (exact) mass is 311 g/mol. The Bertz CT molecular complexity index is 642. The first-order valence-corrected chi connectivity index (χ1v) is 7.75. The molecule has 0 fully saturated rings. The predicted molar refractivity (Wildman–Crippen MR) is 91.4 cm³/mol. The Morgan fingerprint density at radius 2 is 1.78 bits per heavy atom. The third-order valence-corrected chi connectivity index (χ3v) is 3.07. The van der Waals surface area contributed by atoms with Crippen molar-refractivity contribution in [1.82, 2.24) is 0 Å². The standard InChI is InChI=1S/C18H21N3O2/c1-2-8-18(22)23-14-13-19-16-11-6-7-12-17(16)21-20-15-9-4-3-5-10-15/h3-7,9-12,19H,2,8,13-14H2,1H3. The molecule has 1 N–H and O–H groups in total. The minimum absolute atomic E-state index is 0.161. The molecule has 0 amide bonds. The molecule has 2 aromatic rings. The molecule has 0 aliphatic heterocycles. The van der Waals surface area contributed by atoms with Crippen LogP contribution in [0.25, 0.3) is 0 Å². The van der Waals surface area contributed by atoms with Crippen LogP contribution in [-0.2, 0) is 9.53 Å². The molecule has 0 saturated heterocycles. The van der Waals surface area contributed by atoms with E-state index in [1.54, 1.807) is 0 Å². The summed E-state index contributed by atoms with van der Waals surface area (Å²) in [5.74, 6) is -0.161. The fourth-order valence-corrected chi connectivity index (χ4v) is 1.94. The van der Waals surface area contributed by atoms with E-state index in [2.05, 4.69) is 15.5 Å². The van der Waals surface area contributed by atoms with Crippen molar-refractivity contribution in [2.45, 2.75) is 19.8 Å². The van der Waals surface area contributed by atoms with E-state index in [1.807, 2.05) is 61.5 Å². The lowest BCUT2D eigenvalue weighted by Gasteiger charge is -2.09. The molecular weight excluding hydrogens is 290 g/mol. The van der Waals surface area contributed by atoms with E-state index < -0.39 is 0 Å². The van der Waals surface area contributed by atoms with Crippen LogP contribution in [0.15, 0.2) is 64.8 Å². The van der Waals surface area contributed by atoms with Gasteiger partial charge in [-0.2, -0.15) is 5.11 Å². The SMILES string of the molecule is CCCC(=O)OCCNc1ccccc1N=Nc1ccccc1. The van der Waals surface area contributed by atoms with E-state index in [1.165, 1.54) is 0 Å². The van der Waals surface area contributed by atoms with E-state index in [-0.39, 0.29) is 5.97 Å². The zero-order valence-corrected chi connectivity index (χ0v) is 13.2. The van der Waals surface area contributed by atoms with Crippen LogP contribution in [0.4, 0.5) is 17.1 Å². The molecule has 0 atom stereocenters. The molecule has 0 aliphatic carbocycles. The highest BCUT2D eigenvalue weighted by Gasteiger charge is 2.02. The Balaban J connectivity index is 1.90. The van der Waals surface area contributed by atoms with Crippen LogP contribution in [0.1, 0.15) is 19.8 Å². The van der Waals surface area contributed by atoms with E-state index >= 15 is 0 Å². The van der Waals surface area contributed by atoms with Gasteiger partial charge in [-0.25, -0.2) is 0 Å². The molecule has 23 heavy (non-hydrogen) atoms. The van der Waals surface area contributed by atoms with Gasteiger partial charge < -0.3 is 10.1 Å².